The van der Waals surface area contributed by atoms with Crippen molar-refractivity contribution in [1.82, 2.24) is 4.90 Å². The number of carbonyl (C=O) groups excluding carboxylic acids is 1. The molecule has 1 heterocycles. The van der Waals surface area contributed by atoms with Crippen molar-refractivity contribution in [2.75, 3.05) is 13.1 Å². The molecule has 1 aliphatic heterocycles. The number of nitrogens with zero attached hydrogens (tertiary/aromatic N) is 1. The molecule has 1 saturated heterocycles. The molecule has 4 heteroatoms. The topological polar surface area (TPSA) is 57.6 Å². The average Bonchev–Trinajstić information content (AvgIpc) is 2.94. The highest BCUT2D eigenvalue weighted by Crippen LogP contribution is 2.56. The highest BCUT2D eigenvalue weighted by atomic mass is 16.4. The minimum absolute atomic E-state index is 0.0688. The van der Waals surface area contributed by atoms with Gasteiger partial charge in [-0.2, -0.15) is 0 Å². The fourth-order valence-corrected chi connectivity index (χ4v) is 4.48. The Morgan fingerprint density at radius 2 is 1.80 bits per heavy atom. The van der Waals surface area contributed by atoms with E-state index in [1.807, 2.05) is 18.7 Å². The van der Waals surface area contributed by atoms with E-state index in [1.165, 1.54) is 25.7 Å². The van der Waals surface area contributed by atoms with E-state index in [4.69, 9.17) is 0 Å². The number of rotatable bonds is 3. The van der Waals surface area contributed by atoms with Gasteiger partial charge in [-0.1, -0.05) is 26.7 Å². The zero-order valence-electron chi connectivity index (χ0n) is 12.5. The molecule has 2 aliphatic carbocycles. The molecular weight excluding hydrogens is 254 g/mol. The predicted molar refractivity (Wildman–Crippen MR) is 75.0 cm³/mol. The van der Waals surface area contributed by atoms with E-state index in [1.54, 1.807) is 0 Å². The quantitative estimate of drug-likeness (QED) is 0.863. The lowest BCUT2D eigenvalue weighted by molar-refractivity contribution is -0.151. The highest BCUT2D eigenvalue weighted by molar-refractivity contribution is 5.84. The summed E-state index contributed by atoms with van der Waals surface area (Å²) in [4.78, 5) is 26.1. The van der Waals surface area contributed by atoms with Crippen molar-refractivity contribution in [2.45, 2.75) is 46.0 Å². The molecule has 0 bridgehead atoms. The third-order valence-corrected chi connectivity index (χ3v) is 6.09. The van der Waals surface area contributed by atoms with Crippen LogP contribution < -0.4 is 0 Å². The summed E-state index contributed by atoms with van der Waals surface area (Å²) < 4.78 is 0. The monoisotopic (exact) mass is 279 g/mol. The summed E-state index contributed by atoms with van der Waals surface area (Å²) in [6.07, 6.45) is 5.52. The molecule has 20 heavy (non-hydrogen) atoms. The van der Waals surface area contributed by atoms with Gasteiger partial charge in [-0.3, -0.25) is 9.59 Å². The summed E-state index contributed by atoms with van der Waals surface area (Å²) in [5.74, 6) is 1.00. The lowest BCUT2D eigenvalue weighted by Gasteiger charge is -2.28. The van der Waals surface area contributed by atoms with Crippen LogP contribution in [0.25, 0.3) is 0 Å². The van der Waals surface area contributed by atoms with Gasteiger partial charge in [-0.05, 0) is 37.0 Å². The summed E-state index contributed by atoms with van der Waals surface area (Å²) in [5, 5.41) is 9.56. The van der Waals surface area contributed by atoms with Crippen LogP contribution in [0.1, 0.15) is 46.0 Å². The number of fused-ring (bicyclic) bond motifs is 1. The molecule has 3 atom stereocenters. The summed E-state index contributed by atoms with van der Waals surface area (Å²) in [5.41, 5.74) is -0.726. The molecule has 0 radical (unpaired) electrons. The fraction of sp³-hybridized carbons (Fsp3) is 0.875. The smallest absolute Gasteiger partial charge is 0.311 e. The van der Waals surface area contributed by atoms with E-state index in [2.05, 4.69) is 0 Å². The lowest BCUT2D eigenvalue weighted by atomic mass is 9.76. The minimum Gasteiger partial charge on any atom is -0.481 e. The minimum atomic E-state index is -0.740. The molecule has 3 rings (SSSR count). The van der Waals surface area contributed by atoms with Gasteiger partial charge in [0.25, 0.3) is 0 Å². The Morgan fingerprint density at radius 3 is 2.25 bits per heavy atom. The van der Waals surface area contributed by atoms with Crippen LogP contribution >= 0.6 is 0 Å². The van der Waals surface area contributed by atoms with Crippen molar-refractivity contribution in [3.05, 3.63) is 0 Å². The highest BCUT2D eigenvalue weighted by Gasteiger charge is 2.58. The van der Waals surface area contributed by atoms with Crippen LogP contribution in [-0.2, 0) is 9.59 Å². The third kappa shape index (κ3) is 1.95. The van der Waals surface area contributed by atoms with Gasteiger partial charge >= 0.3 is 5.97 Å². The van der Waals surface area contributed by atoms with E-state index in [0.29, 0.717) is 31.3 Å². The maximum Gasteiger partial charge on any atom is 0.311 e. The molecule has 2 saturated carbocycles. The Hall–Kier alpha value is -1.06. The van der Waals surface area contributed by atoms with E-state index >= 15 is 0 Å². The van der Waals surface area contributed by atoms with Gasteiger partial charge in [-0.15, -0.1) is 0 Å². The maximum atomic E-state index is 12.6. The zero-order valence-corrected chi connectivity index (χ0v) is 12.5. The van der Waals surface area contributed by atoms with Gasteiger partial charge < -0.3 is 10.0 Å². The van der Waals surface area contributed by atoms with Gasteiger partial charge in [0.2, 0.25) is 5.91 Å². The Morgan fingerprint density at radius 1 is 1.20 bits per heavy atom. The first-order valence-corrected chi connectivity index (χ1v) is 7.99. The van der Waals surface area contributed by atoms with Crippen LogP contribution in [0.2, 0.25) is 0 Å². The molecule has 1 N–H and O–H groups in total. The summed E-state index contributed by atoms with van der Waals surface area (Å²) >= 11 is 0. The van der Waals surface area contributed by atoms with Crippen LogP contribution in [0.5, 0.6) is 0 Å². The molecule has 4 nitrogen and oxygen atoms in total. The number of aliphatic carboxylic acids is 1. The van der Waals surface area contributed by atoms with E-state index in [-0.39, 0.29) is 17.7 Å². The Balaban J connectivity index is 1.68. The Kier molecular flexibility index (Phi) is 3.30. The summed E-state index contributed by atoms with van der Waals surface area (Å²) in [6, 6.07) is 0. The van der Waals surface area contributed by atoms with Crippen molar-refractivity contribution >= 4 is 11.9 Å². The average molecular weight is 279 g/mol. The van der Waals surface area contributed by atoms with Crippen molar-refractivity contribution < 1.29 is 14.7 Å². The number of carbonyl (C=O) groups is 2. The van der Waals surface area contributed by atoms with Crippen LogP contribution in [0, 0.1) is 29.1 Å². The van der Waals surface area contributed by atoms with Gasteiger partial charge in [-0.25, -0.2) is 0 Å². The van der Waals surface area contributed by atoms with Gasteiger partial charge in [0, 0.05) is 19.0 Å². The van der Waals surface area contributed by atoms with Crippen LogP contribution in [0.4, 0.5) is 0 Å². The molecule has 3 fully saturated rings. The van der Waals surface area contributed by atoms with E-state index in [0.717, 1.165) is 0 Å². The van der Waals surface area contributed by atoms with Crippen LogP contribution in [-0.4, -0.2) is 35.0 Å². The SMILES string of the molecule is CC(C)C1(C(=O)O)CCN(C(=O)C2C3CCCCC32)C1. The second kappa shape index (κ2) is 4.74. The molecule has 0 aromatic rings. The van der Waals surface area contributed by atoms with Crippen LogP contribution in [0.15, 0.2) is 0 Å². The van der Waals surface area contributed by atoms with Crippen molar-refractivity contribution in [1.29, 1.82) is 0 Å². The Labute approximate surface area is 120 Å². The standard InChI is InChI=1S/C16H25NO3/c1-10(2)16(15(19)20)7-8-17(9-16)14(18)13-11-5-3-4-6-12(11)13/h10-13H,3-9H2,1-2H3,(H,19,20). The normalized spacial score (nSPS) is 39.8. The van der Waals surface area contributed by atoms with E-state index < -0.39 is 11.4 Å². The van der Waals surface area contributed by atoms with Gasteiger partial charge in [0.1, 0.15) is 0 Å². The largest absolute Gasteiger partial charge is 0.481 e. The summed E-state index contributed by atoms with van der Waals surface area (Å²) in [7, 11) is 0. The first kappa shape index (κ1) is 13.9. The number of carboxylic acid groups (broad SMARTS) is 1. The third-order valence-electron chi connectivity index (χ3n) is 6.09. The maximum absolute atomic E-state index is 12.6. The molecule has 0 aromatic heterocycles. The number of hydrogen-bond acceptors (Lipinski definition) is 2. The van der Waals surface area contributed by atoms with E-state index in [9.17, 15) is 14.7 Å². The molecule has 1 amide bonds. The molecule has 3 aliphatic rings. The van der Waals surface area contributed by atoms with Crippen molar-refractivity contribution in [3.8, 4) is 0 Å². The molecule has 0 spiro atoms. The number of amides is 1. The first-order chi connectivity index (χ1) is 9.47. The Bertz CT molecular complexity index is 421. The molecular formula is C16H25NO3. The zero-order chi connectivity index (χ0) is 14.5. The molecule has 0 aromatic carbocycles. The lowest BCUT2D eigenvalue weighted by Crippen LogP contribution is -2.41. The second-order valence-corrected chi connectivity index (χ2v) is 7.26. The first-order valence-electron chi connectivity index (χ1n) is 7.99. The predicted octanol–water partition coefficient (Wildman–Crippen LogP) is 2.38. The van der Waals surface area contributed by atoms with Crippen molar-refractivity contribution in [2.24, 2.45) is 29.1 Å². The van der Waals surface area contributed by atoms with Gasteiger partial charge in [0.05, 0.1) is 5.41 Å². The van der Waals surface area contributed by atoms with Crippen molar-refractivity contribution in [3.63, 3.8) is 0 Å². The van der Waals surface area contributed by atoms with Gasteiger partial charge in [0.15, 0.2) is 0 Å². The molecule has 112 valence electrons. The van der Waals surface area contributed by atoms with Crippen LogP contribution in [0.3, 0.4) is 0 Å². The summed E-state index contributed by atoms with van der Waals surface area (Å²) in [6.45, 7) is 4.95. The number of hydrogen-bond donors (Lipinski definition) is 1. The number of carboxylic acids is 1. The number of likely N-dealkylation sites (tertiary alicyclic amines) is 1. The second-order valence-electron chi connectivity index (χ2n) is 7.26. The molecule has 3 unspecified atom stereocenters. The fourth-order valence-electron chi connectivity index (χ4n) is 4.48.